The monoisotopic (exact) mass is 414 g/mol. The molecule has 1 aliphatic rings. The van der Waals surface area contributed by atoms with Gasteiger partial charge < -0.3 is 9.72 Å². The Labute approximate surface area is 171 Å². The summed E-state index contributed by atoms with van der Waals surface area (Å²) >= 11 is 3.09. The number of ether oxygens (including phenoxy) is 1. The number of hydrogen-bond acceptors (Lipinski definition) is 6. The van der Waals surface area contributed by atoms with Gasteiger partial charge in [0.15, 0.2) is 11.9 Å². The minimum Gasteiger partial charge on any atom is -0.451 e. The van der Waals surface area contributed by atoms with Crippen molar-refractivity contribution < 1.29 is 9.53 Å². The predicted octanol–water partition coefficient (Wildman–Crippen LogP) is 4.75. The molecule has 3 aromatic rings. The van der Waals surface area contributed by atoms with Crippen LogP contribution in [0, 0.1) is 5.92 Å². The van der Waals surface area contributed by atoms with Crippen molar-refractivity contribution in [3.05, 3.63) is 56.4 Å². The molecule has 0 radical (unpaired) electrons. The van der Waals surface area contributed by atoms with Gasteiger partial charge in [-0.1, -0.05) is 19.1 Å². The Morgan fingerprint density at radius 1 is 1.39 bits per heavy atom. The molecular formula is C21H22N2O3S2. The van der Waals surface area contributed by atoms with Crippen molar-refractivity contribution in [1.82, 2.24) is 9.97 Å². The fraction of sp³-hybridized carbons (Fsp3) is 0.381. The number of thiophene rings is 1. The Kier molecular flexibility index (Phi) is 5.29. The second kappa shape index (κ2) is 7.72. The van der Waals surface area contributed by atoms with Gasteiger partial charge in [0, 0.05) is 9.77 Å². The number of H-pyrrole nitrogens is 1. The van der Waals surface area contributed by atoms with Crippen molar-refractivity contribution in [1.29, 1.82) is 0 Å². The third kappa shape index (κ3) is 3.49. The fourth-order valence-electron chi connectivity index (χ4n) is 3.65. The van der Waals surface area contributed by atoms with E-state index in [2.05, 4.69) is 16.9 Å². The summed E-state index contributed by atoms with van der Waals surface area (Å²) in [5, 5.41) is 0.710. The number of aryl methyl sites for hydroxylation is 1. The number of hydrogen-bond donors (Lipinski definition) is 1. The van der Waals surface area contributed by atoms with E-state index in [4.69, 9.17) is 4.74 Å². The molecule has 0 aliphatic heterocycles. The van der Waals surface area contributed by atoms with E-state index < -0.39 is 12.1 Å². The Morgan fingerprint density at radius 2 is 2.18 bits per heavy atom. The van der Waals surface area contributed by atoms with Crippen LogP contribution in [0.1, 0.15) is 53.0 Å². The van der Waals surface area contributed by atoms with Gasteiger partial charge in [0.05, 0.1) is 10.9 Å². The largest absolute Gasteiger partial charge is 0.451 e. The van der Waals surface area contributed by atoms with E-state index in [1.165, 1.54) is 16.6 Å². The Bertz CT molecular complexity index is 1100. The summed E-state index contributed by atoms with van der Waals surface area (Å²) < 4.78 is 5.61. The number of aromatic amines is 1. The highest BCUT2D eigenvalue weighted by molar-refractivity contribution is 7.98. The number of nitrogens with zero attached hydrogens (tertiary/aromatic N) is 1. The zero-order chi connectivity index (χ0) is 19.8. The van der Waals surface area contributed by atoms with Crippen molar-refractivity contribution in [2.75, 3.05) is 6.26 Å². The molecule has 28 heavy (non-hydrogen) atoms. The van der Waals surface area contributed by atoms with Gasteiger partial charge in [-0.2, -0.15) is 0 Å². The van der Waals surface area contributed by atoms with E-state index in [0.717, 1.165) is 34.6 Å². The number of thioether (sulfide) groups is 1. The lowest BCUT2D eigenvalue weighted by Gasteiger charge is -2.17. The average Bonchev–Trinajstić information content (AvgIpc) is 3.05. The molecule has 0 saturated heterocycles. The van der Waals surface area contributed by atoms with Crippen LogP contribution in [0.25, 0.3) is 10.2 Å². The molecule has 7 heteroatoms. The maximum absolute atomic E-state index is 12.7. The summed E-state index contributed by atoms with van der Waals surface area (Å²) in [5.41, 5.74) is 1.53. The molecule has 0 bridgehead atoms. The number of rotatable bonds is 4. The highest BCUT2D eigenvalue weighted by atomic mass is 32.2. The normalized spacial score (nSPS) is 17.3. The van der Waals surface area contributed by atoms with Gasteiger partial charge in [0.25, 0.3) is 5.56 Å². The van der Waals surface area contributed by atoms with Crippen molar-refractivity contribution in [3.8, 4) is 0 Å². The van der Waals surface area contributed by atoms with E-state index in [1.54, 1.807) is 24.3 Å². The number of benzene rings is 1. The van der Waals surface area contributed by atoms with Crippen molar-refractivity contribution in [3.63, 3.8) is 0 Å². The summed E-state index contributed by atoms with van der Waals surface area (Å²) in [5.74, 6) is 0.606. The Hall–Kier alpha value is -2.12. The zero-order valence-electron chi connectivity index (χ0n) is 16.1. The number of carbonyl (C=O) groups excluding carboxylic acids is 1. The summed E-state index contributed by atoms with van der Waals surface area (Å²) in [6, 6.07) is 7.33. The van der Waals surface area contributed by atoms with Crippen molar-refractivity contribution in [2.24, 2.45) is 5.92 Å². The zero-order valence-corrected chi connectivity index (χ0v) is 17.7. The molecule has 0 saturated carbocycles. The highest BCUT2D eigenvalue weighted by Crippen LogP contribution is 2.36. The summed E-state index contributed by atoms with van der Waals surface area (Å²) in [6.45, 7) is 3.98. The lowest BCUT2D eigenvalue weighted by atomic mass is 9.89. The second-order valence-corrected chi connectivity index (χ2v) is 9.16. The van der Waals surface area contributed by atoms with Gasteiger partial charge in [-0.25, -0.2) is 9.78 Å². The van der Waals surface area contributed by atoms with Gasteiger partial charge in [-0.3, -0.25) is 4.79 Å². The SMILES string of the molecule is CSc1ccccc1C(=O)O[C@@H](C)c1nc2sc3c(c2c(=O)[nH]1)CC[C@@H](C)C3. The molecular weight excluding hydrogens is 392 g/mol. The molecule has 0 fully saturated rings. The van der Waals surface area contributed by atoms with Gasteiger partial charge in [-0.05, 0) is 56.1 Å². The van der Waals surface area contributed by atoms with Crippen molar-refractivity contribution in [2.45, 2.75) is 44.1 Å². The third-order valence-corrected chi connectivity index (χ3v) is 7.12. The number of aromatic nitrogens is 2. The standard InChI is InChI=1S/C21H22N2O3S2/c1-11-8-9-13-16(10-11)28-20-17(13)19(24)22-18(23-20)12(2)26-21(25)14-6-4-5-7-15(14)27-3/h4-7,11-12H,8-10H2,1-3H3,(H,22,23,24)/t11-,12+/m1/s1. The molecule has 1 aromatic carbocycles. The Balaban J connectivity index is 1.64. The van der Waals surface area contributed by atoms with E-state index in [0.29, 0.717) is 22.7 Å². The summed E-state index contributed by atoms with van der Waals surface area (Å²) in [4.78, 5) is 35.7. The molecule has 1 N–H and O–H groups in total. The van der Waals surface area contributed by atoms with Crippen LogP contribution in [0.4, 0.5) is 0 Å². The van der Waals surface area contributed by atoms with Crippen LogP contribution >= 0.6 is 23.1 Å². The maximum Gasteiger partial charge on any atom is 0.339 e. The molecule has 1 aliphatic carbocycles. The minimum atomic E-state index is -0.641. The van der Waals surface area contributed by atoms with Crippen LogP contribution in [0.5, 0.6) is 0 Å². The van der Waals surface area contributed by atoms with E-state index >= 15 is 0 Å². The molecule has 0 amide bonds. The van der Waals surface area contributed by atoms with Gasteiger partial charge in [0.2, 0.25) is 0 Å². The predicted molar refractivity (Wildman–Crippen MR) is 113 cm³/mol. The number of nitrogens with one attached hydrogen (secondary N) is 1. The van der Waals surface area contributed by atoms with Crippen LogP contribution in [0.2, 0.25) is 0 Å². The number of carbonyl (C=O) groups is 1. The topological polar surface area (TPSA) is 72.0 Å². The Morgan fingerprint density at radius 3 is 2.96 bits per heavy atom. The first-order chi connectivity index (χ1) is 13.5. The molecule has 2 atom stereocenters. The van der Waals surface area contributed by atoms with Crippen LogP contribution in [0.15, 0.2) is 34.0 Å². The first-order valence-electron chi connectivity index (χ1n) is 9.36. The summed E-state index contributed by atoms with van der Waals surface area (Å²) in [6.07, 6.45) is 4.31. The molecule has 0 unspecified atom stereocenters. The molecule has 5 nitrogen and oxygen atoms in total. The fourth-order valence-corrected chi connectivity index (χ4v) is 5.63. The van der Waals surface area contributed by atoms with E-state index in [1.807, 2.05) is 24.5 Å². The van der Waals surface area contributed by atoms with Crippen LogP contribution in [-0.4, -0.2) is 22.2 Å². The molecule has 2 aromatic heterocycles. The van der Waals surface area contributed by atoms with E-state index in [9.17, 15) is 9.59 Å². The lowest BCUT2D eigenvalue weighted by molar-refractivity contribution is 0.0316. The first-order valence-corrected chi connectivity index (χ1v) is 11.4. The molecule has 4 rings (SSSR count). The minimum absolute atomic E-state index is 0.139. The maximum atomic E-state index is 12.7. The molecule has 146 valence electrons. The first kappa shape index (κ1) is 19.2. The van der Waals surface area contributed by atoms with Crippen molar-refractivity contribution >= 4 is 39.3 Å². The molecule has 0 spiro atoms. The summed E-state index contributed by atoms with van der Waals surface area (Å²) in [7, 11) is 0. The molecule has 2 heterocycles. The van der Waals surface area contributed by atoms with Gasteiger partial charge in [0.1, 0.15) is 4.83 Å². The van der Waals surface area contributed by atoms with Gasteiger partial charge in [-0.15, -0.1) is 23.1 Å². The second-order valence-electron chi connectivity index (χ2n) is 7.23. The van der Waals surface area contributed by atoms with Crippen LogP contribution in [-0.2, 0) is 17.6 Å². The van der Waals surface area contributed by atoms with E-state index in [-0.39, 0.29) is 5.56 Å². The quantitative estimate of drug-likeness (QED) is 0.493. The van der Waals surface area contributed by atoms with Crippen LogP contribution < -0.4 is 5.56 Å². The average molecular weight is 415 g/mol. The highest BCUT2D eigenvalue weighted by Gasteiger charge is 2.25. The lowest BCUT2D eigenvalue weighted by Crippen LogP contribution is -2.18. The third-order valence-electron chi connectivity index (χ3n) is 5.18. The number of esters is 1. The smallest absolute Gasteiger partial charge is 0.339 e. The van der Waals surface area contributed by atoms with Gasteiger partial charge >= 0.3 is 5.97 Å². The number of fused-ring (bicyclic) bond motifs is 3. The van der Waals surface area contributed by atoms with Crippen LogP contribution in [0.3, 0.4) is 0 Å².